The highest BCUT2D eigenvalue weighted by molar-refractivity contribution is 7.19. The predicted molar refractivity (Wildman–Crippen MR) is 139 cm³/mol. The molecule has 1 aromatic carbocycles. The van der Waals surface area contributed by atoms with Crippen LogP contribution in [0.25, 0.3) is 10.2 Å². The van der Waals surface area contributed by atoms with Gasteiger partial charge in [0.1, 0.15) is 22.8 Å². The first-order valence-electron chi connectivity index (χ1n) is 11.5. The number of hydrogen-bond donors (Lipinski definition) is 1. The number of thiophene rings is 1. The highest BCUT2D eigenvalue weighted by atomic mass is 35.5. The van der Waals surface area contributed by atoms with Crippen molar-refractivity contribution in [1.29, 1.82) is 0 Å². The van der Waals surface area contributed by atoms with E-state index in [1.807, 2.05) is 11.0 Å². The van der Waals surface area contributed by atoms with Crippen molar-refractivity contribution in [1.82, 2.24) is 19.8 Å². The molecule has 1 aliphatic rings. The Labute approximate surface area is 213 Å². The van der Waals surface area contributed by atoms with Gasteiger partial charge in [-0.15, -0.1) is 11.3 Å². The summed E-state index contributed by atoms with van der Waals surface area (Å²) in [7, 11) is 1.69. The van der Waals surface area contributed by atoms with Crippen molar-refractivity contribution in [3.8, 4) is 0 Å². The first kappa shape index (κ1) is 25.5. The molecule has 3 aromatic rings. The van der Waals surface area contributed by atoms with E-state index in [9.17, 15) is 9.18 Å². The maximum atomic E-state index is 13.5. The van der Waals surface area contributed by atoms with Crippen LogP contribution in [0, 0.1) is 5.82 Å². The van der Waals surface area contributed by atoms with Crippen LogP contribution in [0.4, 0.5) is 15.9 Å². The third-order valence-electron chi connectivity index (χ3n) is 6.04. The Kier molecular flexibility index (Phi) is 8.33. The van der Waals surface area contributed by atoms with Gasteiger partial charge in [-0.25, -0.2) is 14.4 Å². The molecule has 2 aromatic heterocycles. The van der Waals surface area contributed by atoms with Crippen LogP contribution in [0.5, 0.6) is 0 Å². The van der Waals surface area contributed by atoms with E-state index in [-0.39, 0.29) is 10.9 Å². The molecule has 186 valence electrons. The largest absolute Gasteiger partial charge is 0.383 e. The molecular weight excluding hydrogens is 489 g/mol. The number of carbonyl (C=O) groups excluding carboxylic acids is 1. The van der Waals surface area contributed by atoms with Crippen LogP contribution in [-0.2, 0) is 22.5 Å². The summed E-state index contributed by atoms with van der Waals surface area (Å²) in [6.45, 7) is 7.62. The second-order valence-corrected chi connectivity index (χ2v) is 10.1. The van der Waals surface area contributed by atoms with Crippen molar-refractivity contribution in [2.45, 2.75) is 32.9 Å². The predicted octanol–water partition coefficient (Wildman–Crippen LogP) is 5.03. The van der Waals surface area contributed by atoms with E-state index in [4.69, 9.17) is 16.3 Å². The Hall–Kier alpha value is -2.59. The first-order chi connectivity index (χ1) is 16.9. The normalized spacial score (nSPS) is 13.9. The van der Waals surface area contributed by atoms with Gasteiger partial charge in [0.25, 0.3) is 0 Å². The number of rotatable bonds is 9. The second kappa shape index (κ2) is 11.4. The molecule has 0 spiro atoms. The maximum absolute atomic E-state index is 13.5. The maximum Gasteiger partial charge on any atom is 0.246 e. The number of halogens is 2. The zero-order valence-electron chi connectivity index (χ0n) is 20.1. The Morgan fingerprint density at radius 3 is 2.97 bits per heavy atom. The molecule has 0 saturated heterocycles. The third-order valence-corrected chi connectivity index (χ3v) is 7.46. The fourth-order valence-corrected chi connectivity index (χ4v) is 5.47. The number of fused-ring (bicyclic) bond motifs is 3. The molecular formula is C25H29ClFN5O2S. The summed E-state index contributed by atoms with van der Waals surface area (Å²) in [5.41, 5.74) is 1.80. The average molecular weight is 518 g/mol. The summed E-state index contributed by atoms with van der Waals surface area (Å²) in [6, 6.07) is 4.85. The molecule has 1 amide bonds. The third kappa shape index (κ3) is 5.98. The standard InChI is InChI=1S/C25H29ClFN5O2S/c1-16(2)31(11-12-34-3)9-4-5-22(33)32-10-8-18-21(14-32)35-25-23(18)24(28-15-29-25)30-17-6-7-20(27)19(26)13-17/h4-7,13,15-16H,8-12,14H2,1-3H3,(H,28,29,30). The van der Waals surface area contributed by atoms with E-state index >= 15 is 0 Å². The first-order valence-corrected chi connectivity index (χ1v) is 12.7. The lowest BCUT2D eigenvalue weighted by Crippen LogP contribution is -2.35. The van der Waals surface area contributed by atoms with Crippen LogP contribution in [0.3, 0.4) is 0 Å². The van der Waals surface area contributed by atoms with Crippen LogP contribution in [0.1, 0.15) is 24.3 Å². The molecule has 3 heterocycles. The molecule has 0 aliphatic carbocycles. The summed E-state index contributed by atoms with van der Waals surface area (Å²) < 4.78 is 18.7. The number of hydrogen-bond acceptors (Lipinski definition) is 7. The molecule has 1 aliphatic heterocycles. The summed E-state index contributed by atoms with van der Waals surface area (Å²) >= 11 is 7.51. The Bertz CT molecular complexity index is 1230. The fraction of sp³-hybridized carbons (Fsp3) is 0.400. The molecule has 35 heavy (non-hydrogen) atoms. The number of methoxy groups -OCH3 is 1. The van der Waals surface area contributed by atoms with Gasteiger partial charge in [-0.2, -0.15) is 0 Å². The number of ether oxygens (including phenoxy) is 1. The van der Waals surface area contributed by atoms with Crippen LogP contribution >= 0.6 is 22.9 Å². The van der Waals surface area contributed by atoms with Gasteiger partial charge in [0.15, 0.2) is 0 Å². The Balaban J connectivity index is 1.47. The van der Waals surface area contributed by atoms with E-state index in [0.717, 1.165) is 27.2 Å². The van der Waals surface area contributed by atoms with Gasteiger partial charge in [-0.1, -0.05) is 17.7 Å². The van der Waals surface area contributed by atoms with Crippen molar-refractivity contribution in [3.05, 3.63) is 58.0 Å². The number of carbonyl (C=O) groups is 1. The van der Waals surface area contributed by atoms with E-state index in [2.05, 4.69) is 34.0 Å². The summed E-state index contributed by atoms with van der Waals surface area (Å²) in [5.74, 6) is 0.192. The zero-order valence-corrected chi connectivity index (χ0v) is 21.6. The second-order valence-electron chi connectivity index (χ2n) is 8.65. The van der Waals surface area contributed by atoms with Gasteiger partial charge in [0.2, 0.25) is 5.91 Å². The van der Waals surface area contributed by atoms with Gasteiger partial charge in [-0.05, 0) is 44.0 Å². The van der Waals surface area contributed by atoms with Gasteiger partial charge in [-0.3, -0.25) is 9.69 Å². The summed E-state index contributed by atoms with van der Waals surface area (Å²) in [5, 5.41) is 4.24. The van der Waals surface area contributed by atoms with E-state index in [0.29, 0.717) is 50.2 Å². The Morgan fingerprint density at radius 1 is 1.40 bits per heavy atom. The van der Waals surface area contributed by atoms with E-state index in [1.54, 1.807) is 30.6 Å². The highest BCUT2D eigenvalue weighted by Crippen LogP contribution is 2.38. The molecule has 0 bridgehead atoms. The lowest BCUT2D eigenvalue weighted by molar-refractivity contribution is -0.126. The van der Waals surface area contributed by atoms with E-state index < -0.39 is 5.82 Å². The minimum atomic E-state index is -0.469. The SMILES string of the molecule is COCCN(CC=CC(=O)N1CCc2c(sc3ncnc(Nc4ccc(F)c(Cl)c4)c23)C1)C(C)C. The fourth-order valence-electron chi connectivity index (χ4n) is 4.08. The molecule has 4 rings (SSSR count). The minimum Gasteiger partial charge on any atom is -0.383 e. The number of aromatic nitrogens is 2. The summed E-state index contributed by atoms with van der Waals surface area (Å²) in [6.07, 6.45) is 5.83. The van der Waals surface area contributed by atoms with Crippen LogP contribution in [0.15, 0.2) is 36.7 Å². The molecule has 7 nitrogen and oxygen atoms in total. The number of amides is 1. The van der Waals surface area contributed by atoms with Crippen molar-refractivity contribution in [2.24, 2.45) is 0 Å². The number of anilines is 2. The average Bonchev–Trinajstić information content (AvgIpc) is 3.22. The van der Waals surface area contributed by atoms with Crippen molar-refractivity contribution in [2.75, 3.05) is 38.7 Å². The molecule has 0 unspecified atom stereocenters. The van der Waals surface area contributed by atoms with Crippen LogP contribution in [0.2, 0.25) is 5.02 Å². The quantitative estimate of drug-likeness (QED) is 0.402. The topological polar surface area (TPSA) is 70.6 Å². The van der Waals surface area contributed by atoms with Crippen molar-refractivity contribution in [3.63, 3.8) is 0 Å². The number of nitrogens with zero attached hydrogens (tertiary/aromatic N) is 4. The molecule has 0 radical (unpaired) electrons. The molecule has 10 heteroatoms. The smallest absolute Gasteiger partial charge is 0.246 e. The number of benzene rings is 1. The zero-order chi connectivity index (χ0) is 24.9. The van der Waals surface area contributed by atoms with Gasteiger partial charge in [0, 0.05) is 49.4 Å². The lowest BCUT2D eigenvalue weighted by Gasteiger charge is -2.27. The lowest BCUT2D eigenvalue weighted by atomic mass is 10.0. The minimum absolute atomic E-state index is 0.00828. The molecule has 0 saturated carbocycles. The van der Waals surface area contributed by atoms with Crippen molar-refractivity contribution >= 4 is 50.6 Å². The Morgan fingerprint density at radius 2 is 2.23 bits per heavy atom. The van der Waals surface area contributed by atoms with Crippen LogP contribution < -0.4 is 5.32 Å². The van der Waals surface area contributed by atoms with Gasteiger partial charge < -0.3 is 15.0 Å². The van der Waals surface area contributed by atoms with Gasteiger partial charge >= 0.3 is 0 Å². The monoisotopic (exact) mass is 517 g/mol. The summed E-state index contributed by atoms with van der Waals surface area (Å²) in [4.78, 5) is 27.8. The molecule has 0 atom stereocenters. The highest BCUT2D eigenvalue weighted by Gasteiger charge is 2.25. The number of nitrogens with one attached hydrogen (secondary N) is 1. The molecule has 0 fully saturated rings. The van der Waals surface area contributed by atoms with Gasteiger partial charge in [0.05, 0.1) is 23.6 Å². The van der Waals surface area contributed by atoms with E-state index in [1.165, 1.54) is 18.5 Å². The molecule has 1 N–H and O–H groups in total. The van der Waals surface area contributed by atoms with Crippen molar-refractivity contribution < 1.29 is 13.9 Å². The van der Waals surface area contributed by atoms with Crippen LogP contribution in [-0.4, -0.2) is 65.1 Å².